The second-order valence-electron chi connectivity index (χ2n) is 2.48. The predicted molar refractivity (Wildman–Crippen MR) is 55.4 cm³/mol. The first-order valence-corrected chi connectivity index (χ1v) is 5.16. The van der Waals surface area contributed by atoms with Gasteiger partial charge in [0.2, 0.25) is 0 Å². The summed E-state index contributed by atoms with van der Waals surface area (Å²) in [5.74, 6) is 0.221. The molecule has 0 saturated heterocycles. The van der Waals surface area contributed by atoms with Crippen LogP contribution in [-0.2, 0) is 10.1 Å². The minimum Gasteiger partial charge on any atom is -0.426 e. The number of carbonyl (C=O) groups excluding carboxylic acids is 1. The van der Waals surface area contributed by atoms with Gasteiger partial charge >= 0.3 is 5.97 Å². The van der Waals surface area contributed by atoms with E-state index in [1.807, 2.05) is 0 Å². The van der Waals surface area contributed by atoms with Gasteiger partial charge < -0.3 is 4.74 Å². The lowest BCUT2D eigenvalue weighted by Crippen LogP contribution is -2.03. The van der Waals surface area contributed by atoms with Crippen LogP contribution in [0.4, 0.5) is 0 Å². The van der Waals surface area contributed by atoms with Gasteiger partial charge in [-0.25, -0.2) is 0 Å². The number of esters is 1. The maximum absolute atomic E-state index is 10.7. The van der Waals surface area contributed by atoms with E-state index in [0.29, 0.717) is 16.1 Å². The minimum absolute atomic E-state index is 0.329. The van der Waals surface area contributed by atoms with Crippen molar-refractivity contribution in [3.05, 3.63) is 28.8 Å². The summed E-state index contributed by atoms with van der Waals surface area (Å²) in [7, 11) is 0. The molecule has 0 amide bonds. The Hall–Kier alpha value is -0.540. The van der Waals surface area contributed by atoms with Crippen LogP contribution in [0.5, 0.6) is 5.75 Å². The second kappa shape index (κ2) is 4.63. The first-order valence-electron chi connectivity index (χ1n) is 3.66. The highest BCUT2D eigenvalue weighted by Crippen LogP contribution is 2.24. The number of hydrogen-bond donors (Lipinski definition) is 0. The number of benzene rings is 1. The Balaban J connectivity index is 2.99. The van der Waals surface area contributed by atoms with Crippen molar-refractivity contribution in [1.29, 1.82) is 0 Å². The molecule has 0 unspecified atom stereocenters. The highest BCUT2D eigenvalue weighted by Gasteiger charge is 2.05. The molecule has 0 heterocycles. The van der Waals surface area contributed by atoms with Gasteiger partial charge in [0.05, 0.1) is 0 Å². The lowest BCUT2D eigenvalue weighted by atomic mass is 10.2. The fourth-order valence-corrected chi connectivity index (χ4v) is 1.54. The molecule has 0 aliphatic carbocycles. The third-order valence-electron chi connectivity index (χ3n) is 1.42. The fourth-order valence-electron chi connectivity index (χ4n) is 0.907. The molecule has 0 spiro atoms. The fraction of sp³-hybridized carbons (Fsp3) is 0.222. The Labute approximate surface area is 90.0 Å². The van der Waals surface area contributed by atoms with Gasteiger partial charge in [-0.2, -0.15) is 0 Å². The van der Waals surface area contributed by atoms with E-state index in [2.05, 4.69) is 15.9 Å². The molecule has 0 N–H and O–H groups in total. The van der Waals surface area contributed by atoms with Crippen LogP contribution in [0.3, 0.4) is 0 Å². The summed E-state index contributed by atoms with van der Waals surface area (Å²) in [5.41, 5.74) is 0.864. The maximum atomic E-state index is 10.7. The van der Waals surface area contributed by atoms with Gasteiger partial charge in [-0.15, -0.1) is 0 Å². The van der Waals surface area contributed by atoms with Crippen molar-refractivity contribution in [2.24, 2.45) is 0 Å². The molecule has 1 aromatic carbocycles. The summed E-state index contributed by atoms with van der Waals surface area (Å²) in [6.07, 6.45) is 0. The Morgan fingerprint density at radius 3 is 2.85 bits per heavy atom. The molecule has 0 saturated carbocycles. The standard InChI is InChI=1S/C9H8BrClO2/c1-6(12)13-9-3-2-8(11)4-7(9)5-10/h2-4H,5H2,1H3. The van der Waals surface area contributed by atoms with Crippen molar-refractivity contribution < 1.29 is 9.53 Å². The smallest absolute Gasteiger partial charge is 0.308 e. The first-order chi connectivity index (χ1) is 6.13. The molecule has 0 fully saturated rings. The third-order valence-corrected chi connectivity index (χ3v) is 2.26. The zero-order valence-electron chi connectivity index (χ0n) is 7.01. The summed E-state index contributed by atoms with van der Waals surface area (Å²) >= 11 is 9.05. The molecule has 4 heteroatoms. The zero-order chi connectivity index (χ0) is 9.84. The van der Waals surface area contributed by atoms with Crippen molar-refractivity contribution in [3.8, 4) is 5.75 Å². The topological polar surface area (TPSA) is 26.3 Å². The van der Waals surface area contributed by atoms with Gasteiger partial charge in [-0.1, -0.05) is 27.5 Å². The van der Waals surface area contributed by atoms with Crippen molar-refractivity contribution in [3.63, 3.8) is 0 Å². The van der Waals surface area contributed by atoms with E-state index in [4.69, 9.17) is 16.3 Å². The highest BCUT2D eigenvalue weighted by atomic mass is 79.9. The van der Waals surface area contributed by atoms with Crippen molar-refractivity contribution >= 4 is 33.5 Å². The number of hydrogen-bond acceptors (Lipinski definition) is 2. The average molecular weight is 264 g/mol. The van der Waals surface area contributed by atoms with Crippen LogP contribution in [0.15, 0.2) is 18.2 Å². The second-order valence-corrected chi connectivity index (χ2v) is 3.48. The van der Waals surface area contributed by atoms with Crippen molar-refractivity contribution in [1.82, 2.24) is 0 Å². The van der Waals surface area contributed by atoms with Crippen molar-refractivity contribution in [2.45, 2.75) is 12.3 Å². The molecule has 1 rings (SSSR count). The average Bonchev–Trinajstić information content (AvgIpc) is 2.07. The Morgan fingerprint density at radius 2 is 2.31 bits per heavy atom. The maximum Gasteiger partial charge on any atom is 0.308 e. The minimum atomic E-state index is -0.329. The van der Waals surface area contributed by atoms with Crippen molar-refractivity contribution in [2.75, 3.05) is 0 Å². The normalized spacial score (nSPS) is 9.77. The van der Waals surface area contributed by atoms with Gasteiger partial charge in [0.15, 0.2) is 0 Å². The molecule has 0 aliphatic heterocycles. The predicted octanol–water partition coefficient (Wildman–Crippen LogP) is 3.16. The molecule has 70 valence electrons. The van der Waals surface area contributed by atoms with Gasteiger partial charge in [-0.05, 0) is 18.2 Å². The molecular weight excluding hydrogens is 255 g/mol. The van der Waals surface area contributed by atoms with Crippen LogP contribution < -0.4 is 4.74 Å². The molecule has 0 bridgehead atoms. The number of halogens is 2. The summed E-state index contributed by atoms with van der Waals surface area (Å²) in [6, 6.07) is 5.13. The number of alkyl halides is 1. The van der Waals surface area contributed by atoms with Crippen LogP contribution in [0.2, 0.25) is 5.02 Å². The molecule has 0 aromatic heterocycles. The Morgan fingerprint density at radius 1 is 1.62 bits per heavy atom. The van der Waals surface area contributed by atoms with Crippen LogP contribution in [0.1, 0.15) is 12.5 Å². The van der Waals surface area contributed by atoms with E-state index >= 15 is 0 Å². The molecule has 1 aromatic rings. The summed E-state index contributed by atoms with van der Waals surface area (Å²) in [6.45, 7) is 1.37. The van der Waals surface area contributed by atoms with Gasteiger partial charge in [-0.3, -0.25) is 4.79 Å². The molecule has 0 aliphatic rings. The van der Waals surface area contributed by atoms with Gasteiger partial charge in [0.25, 0.3) is 0 Å². The Kier molecular flexibility index (Phi) is 3.75. The van der Waals surface area contributed by atoms with E-state index < -0.39 is 0 Å². The van der Waals surface area contributed by atoms with E-state index in [1.54, 1.807) is 18.2 Å². The lowest BCUT2D eigenvalue weighted by molar-refractivity contribution is -0.131. The quantitative estimate of drug-likeness (QED) is 0.465. The van der Waals surface area contributed by atoms with E-state index in [0.717, 1.165) is 5.56 Å². The van der Waals surface area contributed by atoms with Crippen LogP contribution >= 0.6 is 27.5 Å². The largest absolute Gasteiger partial charge is 0.426 e. The van der Waals surface area contributed by atoms with E-state index in [9.17, 15) is 4.79 Å². The molecule has 2 nitrogen and oxygen atoms in total. The van der Waals surface area contributed by atoms with Gasteiger partial charge in [0, 0.05) is 22.8 Å². The lowest BCUT2D eigenvalue weighted by Gasteiger charge is -2.06. The van der Waals surface area contributed by atoms with Crippen LogP contribution in [0.25, 0.3) is 0 Å². The zero-order valence-corrected chi connectivity index (χ0v) is 9.35. The number of ether oxygens (including phenoxy) is 1. The summed E-state index contributed by atoms with van der Waals surface area (Å²) in [5, 5.41) is 1.24. The summed E-state index contributed by atoms with van der Waals surface area (Å²) < 4.78 is 4.96. The first kappa shape index (κ1) is 10.5. The van der Waals surface area contributed by atoms with Crippen LogP contribution in [0, 0.1) is 0 Å². The van der Waals surface area contributed by atoms with E-state index in [-0.39, 0.29) is 5.97 Å². The number of rotatable bonds is 2. The monoisotopic (exact) mass is 262 g/mol. The summed E-state index contributed by atoms with van der Waals surface area (Å²) in [4.78, 5) is 10.7. The molecular formula is C9H8BrClO2. The highest BCUT2D eigenvalue weighted by molar-refractivity contribution is 9.08. The number of carbonyl (C=O) groups is 1. The molecule has 0 radical (unpaired) electrons. The SMILES string of the molecule is CC(=O)Oc1ccc(Cl)cc1CBr. The van der Waals surface area contributed by atoms with Crippen LogP contribution in [-0.4, -0.2) is 5.97 Å². The molecule has 0 atom stereocenters. The van der Waals surface area contributed by atoms with E-state index in [1.165, 1.54) is 6.92 Å². The Bertz CT molecular complexity index is 325. The molecule has 13 heavy (non-hydrogen) atoms. The van der Waals surface area contributed by atoms with Gasteiger partial charge in [0.1, 0.15) is 5.75 Å². The third kappa shape index (κ3) is 3.01.